The molecule has 4 heterocycles. The van der Waals surface area contributed by atoms with Crippen LogP contribution < -0.4 is 5.32 Å². The number of aromatic nitrogens is 4. The fourth-order valence-corrected chi connectivity index (χ4v) is 4.04. The van der Waals surface area contributed by atoms with Gasteiger partial charge in [-0.05, 0) is 44.7 Å². The molecule has 108 valence electrons. The minimum Gasteiger partial charge on any atom is -0.370 e. The largest absolute Gasteiger partial charge is 0.370 e. The Morgan fingerprint density at radius 1 is 1.30 bits per heavy atom. The lowest BCUT2D eigenvalue weighted by molar-refractivity contribution is 0.103. The molecule has 2 saturated heterocycles. The Morgan fingerprint density at radius 3 is 3.10 bits per heavy atom. The van der Waals surface area contributed by atoms with Crippen LogP contribution in [0, 0.1) is 5.92 Å². The molecule has 20 heavy (non-hydrogen) atoms. The molecule has 2 aromatic rings. The predicted molar refractivity (Wildman–Crippen MR) is 75.9 cm³/mol. The summed E-state index contributed by atoms with van der Waals surface area (Å²) < 4.78 is 7.59. The van der Waals surface area contributed by atoms with Crippen LogP contribution in [0.25, 0.3) is 4.96 Å². The Bertz CT molecular complexity index is 583. The molecule has 2 fully saturated rings. The monoisotopic (exact) mass is 293 g/mol. The van der Waals surface area contributed by atoms with E-state index in [1.54, 1.807) is 11.3 Å². The van der Waals surface area contributed by atoms with Gasteiger partial charge in [0.15, 0.2) is 5.82 Å². The molecular formula is C13H19N5OS. The zero-order valence-electron chi connectivity index (χ0n) is 11.4. The summed E-state index contributed by atoms with van der Waals surface area (Å²) in [5.41, 5.74) is 0. The lowest BCUT2D eigenvalue weighted by Crippen LogP contribution is -2.30. The second-order valence-electron chi connectivity index (χ2n) is 5.67. The highest BCUT2D eigenvalue weighted by Gasteiger charge is 2.25. The van der Waals surface area contributed by atoms with Crippen molar-refractivity contribution in [3.63, 3.8) is 0 Å². The molecule has 1 N–H and O–H groups in total. The summed E-state index contributed by atoms with van der Waals surface area (Å²) in [5.74, 6) is 1.58. The molecule has 0 amide bonds. The van der Waals surface area contributed by atoms with Gasteiger partial charge in [-0.2, -0.15) is 9.61 Å². The van der Waals surface area contributed by atoms with Crippen molar-refractivity contribution in [2.24, 2.45) is 5.92 Å². The summed E-state index contributed by atoms with van der Waals surface area (Å²) in [5, 5.41) is 17.8. The SMILES string of the molecule is C1CNCC(Cc2nn3c(C4CCCO4)nnc3s2)C1. The van der Waals surface area contributed by atoms with Crippen LogP contribution in [-0.2, 0) is 11.2 Å². The maximum absolute atomic E-state index is 5.70. The highest BCUT2D eigenvalue weighted by atomic mass is 32.1. The van der Waals surface area contributed by atoms with Crippen molar-refractivity contribution in [3.8, 4) is 0 Å². The lowest BCUT2D eigenvalue weighted by Gasteiger charge is -2.21. The summed E-state index contributed by atoms with van der Waals surface area (Å²) in [7, 11) is 0. The average molecular weight is 293 g/mol. The third-order valence-electron chi connectivity index (χ3n) is 4.14. The minimum absolute atomic E-state index is 0.0799. The predicted octanol–water partition coefficient (Wildman–Crippen LogP) is 1.58. The average Bonchev–Trinajstić information content (AvgIpc) is 3.15. The first-order valence-electron chi connectivity index (χ1n) is 7.43. The van der Waals surface area contributed by atoms with Crippen LogP contribution in [0.1, 0.15) is 42.6 Å². The third-order valence-corrected chi connectivity index (χ3v) is 5.06. The first kappa shape index (κ1) is 12.7. The van der Waals surface area contributed by atoms with Gasteiger partial charge in [-0.25, -0.2) is 0 Å². The van der Waals surface area contributed by atoms with E-state index in [0.29, 0.717) is 5.92 Å². The van der Waals surface area contributed by atoms with Crippen LogP contribution in [0.15, 0.2) is 0 Å². The number of fused-ring (bicyclic) bond motifs is 1. The molecule has 2 unspecified atom stereocenters. The maximum Gasteiger partial charge on any atom is 0.234 e. The van der Waals surface area contributed by atoms with Crippen LogP contribution in [0.2, 0.25) is 0 Å². The quantitative estimate of drug-likeness (QED) is 0.931. The molecule has 6 nitrogen and oxygen atoms in total. The van der Waals surface area contributed by atoms with Gasteiger partial charge in [0, 0.05) is 13.0 Å². The van der Waals surface area contributed by atoms with Gasteiger partial charge in [0.05, 0.1) is 0 Å². The summed E-state index contributed by atoms with van der Waals surface area (Å²) in [4.78, 5) is 0.897. The van der Waals surface area contributed by atoms with Crippen molar-refractivity contribution < 1.29 is 4.74 Å². The van der Waals surface area contributed by atoms with Crippen LogP contribution in [0.4, 0.5) is 0 Å². The molecule has 0 aliphatic carbocycles. The Labute approximate surface area is 121 Å². The van der Waals surface area contributed by atoms with Crippen LogP contribution >= 0.6 is 11.3 Å². The van der Waals surface area contributed by atoms with Crippen molar-refractivity contribution in [3.05, 3.63) is 10.8 Å². The number of hydrogen-bond acceptors (Lipinski definition) is 6. The van der Waals surface area contributed by atoms with Crippen LogP contribution in [-0.4, -0.2) is 39.5 Å². The Kier molecular flexibility index (Phi) is 3.41. The molecular weight excluding hydrogens is 274 g/mol. The van der Waals surface area contributed by atoms with E-state index in [2.05, 4.69) is 15.5 Å². The van der Waals surface area contributed by atoms with Gasteiger partial charge in [-0.1, -0.05) is 11.3 Å². The summed E-state index contributed by atoms with van der Waals surface area (Å²) in [6.45, 7) is 3.09. The molecule has 0 spiro atoms. The molecule has 2 atom stereocenters. The summed E-state index contributed by atoms with van der Waals surface area (Å²) in [6, 6.07) is 0. The fourth-order valence-electron chi connectivity index (χ4n) is 3.08. The van der Waals surface area contributed by atoms with Gasteiger partial charge >= 0.3 is 0 Å². The van der Waals surface area contributed by atoms with E-state index in [1.165, 1.54) is 17.8 Å². The van der Waals surface area contributed by atoms with Gasteiger partial charge in [0.1, 0.15) is 11.1 Å². The number of piperidine rings is 1. The molecule has 0 bridgehead atoms. The first-order chi connectivity index (χ1) is 9.90. The number of hydrogen-bond donors (Lipinski definition) is 1. The van der Waals surface area contributed by atoms with E-state index >= 15 is 0 Å². The lowest BCUT2D eigenvalue weighted by atomic mass is 9.97. The molecule has 4 rings (SSSR count). The first-order valence-corrected chi connectivity index (χ1v) is 8.25. The Hall–Kier alpha value is -1.05. The van der Waals surface area contributed by atoms with Crippen molar-refractivity contribution >= 4 is 16.3 Å². The van der Waals surface area contributed by atoms with E-state index in [4.69, 9.17) is 9.84 Å². The van der Waals surface area contributed by atoms with Crippen molar-refractivity contribution in [1.29, 1.82) is 0 Å². The molecule has 0 aromatic carbocycles. The Morgan fingerprint density at radius 2 is 2.30 bits per heavy atom. The van der Waals surface area contributed by atoms with Crippen molar-refractivity contribution in [2.75, 3.05) is 19.7 Å². The molecule has 2 aromatic heterocycles. The van der Waals surface area contributed by atoms with Crippen LogP contribution in [0.5, 0.6) is 0 Å². The van der Waals surface area contributed by atoms with Gasteiger partial charge in [0.2, 0.25) is 4.96 Å². The van der Waals surface area contributed by atoms with Gasteiger partial charge in [0.25, 0.3) is 0 Å². The van der Waals surface area contributed by atoms with E-state index < -0.39 is 0 Å². The van der Waals surface area contributed by atoms with Gasteiger partial charge in [-0.15, -0.1) is 10.2 Å². The van der Waals surface area contributed by atoms with Gasteiger partial charge < -0.3 is 10.1 Å². The smallest absolute Gasteiger partial charge is 0.234 e. The third kappa shape index (κ3) is 2.34. The van der Waals surface area contributed by atoms with E-state index in [-0.39, 0.29) is 6.10 Å². The minimum atomic E-state index is 0.0799. The summed E-state index contributed by atoms with van der Waals surface area (Å²) >= 11 is 1.67. The second kappa shape index (κ2) is 5.38. The molecule has 2 aliphatic heterocycles. The standard InChI is InChI=1S/C13H19N5OS/c1-3-9(8-14-5-1)7-11-17-18-12(10-4-2-6-19-10)15-16-13(18)20-11/h9-10,14H,1-8H2. The molecule has 0 radical (unpaired) electrons. The van der Waals surface area contributed by atoms with Gasteiger partial charge in [-0.3, -0.25) is 0 Å². The number of nitrogens with one attached hydrogen (secondary N) is 1. The molecule has 7 heteroatoms. The van der Waals surface area contributed by atoms with E-state index in [0.717, 1.165) is 49.7 Å². The summed E-state index contributed by atoms with van der Waals surface area (Å²) in [6.07, 6.45) is 5.83. The zero-order valence-corrected chi connectivity index (χ0v) is 12.2. The molecule has 2 aliphatic rings. The van der Waals surface area contributed by atoms with E-state index in [1.807, 2.05) is 4.52 Å². The second-order valence-corrected chi connectivity index (χ2v) is 6.71. The number of nitrogens with zero attached hydrogens (tertiary/aromatic N) is 4. The highest BCUT2D eigenvalue weighted by Crippen LogP contribution is 2.29. The Balaban J connectivity index is 1.55. The number of rotatable bonds is 3. The number of ether oxygens (including phenoxy) is 1. The van der Waals surface area contributed by atoms with E-state index in [9.17, 15) is 0 Å². The highest BCUT2D eigenvalue weighted by molar-refractivity contribution is 7.16. The normalized spacial score (nSPS) is 27.4. The van der Waals surface area contributed by atoms with Crippen LogP contribution in [0.3, 0.4) is 0 Å². The maximum atomic E-state index is 5.70. The van der Waals surface area contributed by atoms with Crippen molar-refractivity contribution in [1.82, 2.24) is 25.1 Å². The van der Waals surface area contributed by atoms with Crippen molar-refractivity contribution in [2.45, 2.75) is 38.2 Å². The topological polar surface area (TPSA) is 64.3 Å². The molecule has 0 saturated carbocycles. The zero-order chi connectivity index (χ0) is 13.4. The fraction of sp³-hybridized carbons (Fsp3) is 0.769.